The molecule has 1 aliphatic rings. The molecule has 0 aromatic carbocycles. The van der Waals surface area contributed by atoms with E-state index in [1.165, 1.54) is 0 Å². The molecule has 0 bridgehead atoms. The molecule has 0 radical (unpaired) electrons. The lowest BCUT2D eigenvalue weighted by Crippen LogP contribution is -2.34. The van der Waals surface area contributed by atoms with E-state index in [2.05, 4.69) is 10.1 Å². The molecule has 2 N–H and O–H groups in total. The van der Waals surface area contributed by atoms with E-state index in [0.717, 1.165) is 25.7 Å². The summed E-state index contributed by atoms with van der Waals surface area (Å²) in [7, 11) is 1.59. The quantitative estimate of drug-likeness (QED) is 0.780. The standard InChI is InChI=1S/C9H15N3O2/c1-13-6-7-11-8(12-14-7)9(10)4-2-3-5-9/h2-6,10H2,1H3. The largest absolute Gasteiger partial charge is 0.375 e. The second-order valence-corrected chi connectivity index (χ2v) is 3.81. The molecule has 0 unspecified atom stereocenters. The smallest absolute Gasteiger partial charge is 0.252 e. The van der Waals surface area contributed by atoms with Crippen molar-refractivity contribution < 1.29 is 9.26 Å². The van der Waals surface area contributed by atoms with Gasteiger partial charge in [0.25, 0.3) is 5.89 Å². The van der Waals surface area contributed by atoms with Crippen LogP contribution in [0.2, 0.25) is 0 Å². The lowest BCUT2D eigenvalue weighted by atomic mass is 9.99. The van der Waals surface area contributed by atoms with E-state index in [0.29, 0.717) is 18.3 Å². The fraction of sp³-hybridized carbons (Fsp3) is 0.778. The summed E-state index contributed by atoms with van der Waals surface area (Å²) in [6.45, 7) is 0.350. The maximum atomic E-state index is 6.16. The van der Waals surface area contributed by atoms with E-state index in [9.17, 15) is 0 Å². The first-order valence-corrected chi connectivity index (χ1v) is 4.85. The molecule has 0 atom stereocenters. The zero-order valence-corrected chi connectivity index (χ0v) is 8.32. The highest BCUT2D eigenvalue weighted by Gasteiger charge is 2.35. The minimum absolute atomic E-state index is 0.350. The van der Waals surface area contributed by atoms with Crippen molar-refractivity contribution in [2.45, 2.75) is 37.8 Å². The Morgan fingerprint density at radius 3 is 2.86 bits per heavy atom. The Labute approximate surface area is 82.6 Å². The van der Waals surface area contributed by atoms with Crippen LogP contribution >= 0.6 is 0 Å². The first-order chi connectivity index (χ1) is 6.74. The highest BCUT2D eigenvalue weighted by Crippen LogP contribution is 2.34. The summed E-state index contributed by atoms with van der Waals surface area (Å²) in [5.41, 5.74) is 5.80. The molecular formula is C9H15N3O2. The van der Waals surface area contributed by atoms with Crippen molar-refractivity contribution >= 4 is 0 Å². The molecule has 0 amide bonds. The number of hydrogen-bond donors (Lipinski definition) is 1. The third-order valence-electron chi connectivity index (χ3n) is 2.68. The molecule has 5 heteroatoms. The maximum absolute atomic E-state index is 6.16. The summed E-state index contributed by atoms with van der Waals surface area (Å²) in [6.07, 6.45) is 4.17. The SMILES string of the molecule is COCc1nc(C2(N)CCCC2)no1. The minimum Gasteiger partial charge on any atom is -0.375 e. The van der Waals surface area contributed by atoms with Crippen LogP contribution in [-0.4, -0.2) is 17.3 Å². The zero-order valence-electron chi connectivity index (χ0n) is 8.32. The van der Waals surface area contributed by atoms with E-state index in [-0.39, 0.29) is 5.54 Å². The number of ether oxygens (including phenoxy) is 1. The topological polar surface area (TPSA) is 74.2 Å². The number of methoxy groups -OCH3 is 1. The van der Waals surface area contributed by atoms with Gasteiger partial charge < -0.3 is 15.0 Å². The molecule has 0 aliphatic heterocycles. The Balaban J connectivity index is 2.15. The average molecular weight is 197 g/mol. The van der Waals surface area contributed by atoms with Crippen molar-refractivity contribution in [3.63, 3.8) is 0 Å². The molecule has 5 nitrogen and oxygen atoms in total. The highest BCUT2D eigenvalue weighted by atomic mass is 16.5. The molecule has 0 saturated heterocycles. The van der Waals surface area contributed by atoms with Crippen molar-refractivity contribution in [2.75, 3.05) is 7.11 Å². The van der Waals surface area contributed by atoms with Crippen LogP contribution in [0.4, 0.5) is 0 Å². The Hall–Kier alpha value is -0.940. The van der Waals surface area contributed by atoms with Crippen LogP contribution in [0, 0.1) is 0 Å². The van der Waals surface area contributed by atoms with Gasteiger partial charge in [-0.05, 0) is 12.8 Å². The summed E-state index contributed by atoms with van der Waals surface area (Å²) < 4.78 is 9.92. The van der Waals surface area contributed by atoms with E-state index in [4.69, 9.17) is 15.0 Å². The summed E-state index contributed by atoms with van der Waals surface area (Å²) in [4.78, 5) is 4.23. The molecule has 1 aromatic rings. The third kappa shape index (κ3) is 1.65. The molecule has 1 fully saturated rings. The molecular weight excluding hydrogens is 182 g/mol. The lowest BCUT2D eigenvalue weighted by molar-refractivity contribution is 0.151. The lowest BCUT2D eigenvalue weighted by Gasteiger charge is -2.17. The summed E-state index contributed by atoms with van der Waals surface area (Å²) >= 11 is 0. The molecule has 78 valence electrons. The molecule has 14 heavy (non-hydrogen) atoms. The van der Waals surface area contributed by atoms with Crippen molar-refractivity contribution in [3.8, 4) is 0 Å². The molecule has 1 saturated carbocycles. The normalized spacial score (nSPS) is 20.1. The summed E-state index contributed by atoms with van der Waals surface area (Å²) in [5.74, 6) is 1.13. The number of hydrogen-bond acceptors (Lipinski definition) is 5. The minimum atomic E-state index is -0.366. The van der Waals surface area contributed by atoms with Gasteiger partial charge in [-0.2, -0.15) is 4.98 Å². The van der Waals surface area contributed by atoms with Gasteiger partial charge in [0.15, 0.2) is 5.82 Å². The van der Waals surface area contributed by atoms with E-state index in [1.54, 1.807) is 7.11 Å². The van der Waals surface area contributed by atoms with Crippen LogP contribution in [0.25, 0.3) is 0 Å². The Morgan fingerprint density at radius 1 is 1.50 bits per heavy atom. The number of nitrogens with zero attached hydrogens (tertiary/aromatic N) is 2. The molecule has 1 aliphatic carbocycles. The van der Waals surface area contributed by atoms with Crippen molar-refractivity contribution in [1.82, 2.24) is 10.1 Å². The van der Waals surface area contributed by atoms with Gasteiger partial charge in [0.05, 0.1) is 5.54 Å². The first kappa shape index (κ1) is 9.61. The van der Waals surface area contributed by atoms with Gasteiger partial charge in [0.1, 0.15) is 6.61 Å². The Kier molecular flexibility index (Phi) is 2.52. The molecule has 2 rings (SSSR count). The summed E-state index contributed by atoms with van der Waals surface area (Å²) in [5, 5.41) is 3.90. The van der Waals surface area contributed by atoms with Crippen LogP contribution in [-0.2, 0) is 16.9 Å². The zero-order chi connectivity index (χ0) is 10.0. The van der Waals surface area contributed by atoms with E-state index < -0.39 is 0 Å². The van der Waals surface area contributed by atoms with Gasteiger partial charge in [-0.15, -0.1) is 0 Å². The van der Waals surface area contributed by atoms with Gasteiger partial charge in [-0.25, -0.2) is 0 Å². The Morgan fingerprint density at radius 2 is 2.21 bits per heavy atom. The highest BCUT2D eigenvalue weighted by molar-refractivity contribution is 5.06. The van der Waals surface area contributed by atoms with Gasteiger partial charge >= 0.3 is 0 Å². The van der Waals surface area contributed by atoms with Gasteiger partial charge in [-0.1, -0.05) is 18.0 Å². The first-order valence-electron chi connectivity index (χ1n) is 4.85. The van der Waals surface area contributed by atoms with Crippen molar-refractivity contribution in [3.05, 3.63) is 11.7 Å². The molecule has 1 heterocycles. The van der Waals surface area contributed by atoms with Crippen LogP contribution in [0.15, 0.2) is 4.52 Å². The monoisotopic (exact) mass is 197 g/mol. The van der Waals surface area contributed by atoms with Gasteiger partial charge in [0, 0.05) is 7.11 Å². The molecule has 0 spiro atoms. The van der Waals surface area contributed by atoms with Crippen LogP contribution in [0.5, 0.6) is 0 Å². The summed E-state index contributed by atoms with van der Waals surface area (Å²) in [6, 6.07) is 0. The average Bonchev–Trinajstić information content (AvgIpc) is 2.75. The predicted molar refractivity (Wildman–Crippen MR) is 49.3 cm³/mol. The van der Waals surface area contributed by atoms with E-state index >= 15 is 0 Å². The second-order valence-electron chi connectivity index (χ2n) is 3.81. The van der Waals surface area contributed by atoms with Crippen molar-refractivity contribution in [2.24, 2.45) is 5.73 Å². The predicted octanol–water partition coefficient (Wildman–Crippen LogP) is 0.944. The van der Waals surface area contributed by atoms with Crippen LogP contribution < -0.4 is 5.73 Å². The molecule has 1 aromatic heterocycles. The fourth-order valence-electron chi connectivity index (χ4n) is 1.87. The van der Waals surface area contributed by atoms with Crippen LogP contribution in [0.1, 0.15) is 37.4 Å². The van der Waals surface area contributed by atoms with Crippen LogP contribution in [0.3, 0.4) is 0 Å². The number of aromatic nitrogens is 2. The second kappa shape index (κ2) is 3.67. The maximum Gasteiger partial charge on any atom is 0.252 e. The fourth-order valence-corrected chi connectivity index (χ4v) is 1.87. The Bertz CT molecular complexity index is 305. The van der Waals surface area contributed by atoms with Gasteiger partial charge in [-0.3, -0.25) is 0 Å². The number of nitrogens with two attached hydrogens (primary N) is 1. The van der Waals surface area contributed by atoms with Crippen molar-refractivity contribution in [1.29, 1.82) is 0 Å². The third-order valence-corrected chi connectivity index (χ3v) is 2.68. The number of rotatable bonds is 3. The van der Waals surface area contributed by atoms with E-state index in [1.807, 2.05) is 0 Å². The van der Waals surface area contributed by atoms with Gasteiger partial charge in [0.2, 0.25) is 0 Å².